The molecule has 0 heteroatoms. The normalized spacial score (nSPS) is 34.0. The van der Waals surface area contributed by atoms with Crippen LogP contribution in [0.15, 0.2) is 0 Å². The van der Waals surface area contributed by atoms with Crippen molar-refractivity contribution in [3.8, 4) is 0 Å². The molecule has 0 amide bonds. The number of hydrogen-bond donors (Lipinski definition) is 0. The first-order chi connectivity index (χ1) is 10.3. The fourth-order valence-corrected chi connectivity index (χ4v) is 5.67. The zero-order valence-corrected chi connectivity index (χ0v) is 14.7. The smallest absolute Gasteiger partial charge is 0.0386 e. The summed E-state index contributed by atoms with van der Waals surface area (Å²) < 4.78 is 0. The highest BCUT2D eigenvalue weighted by molar-refractivity contribution is 4.86. The van der Waals surface area contributed by atoms with Crippen LogP contribution in [-0.2, 0) is 0 Å². The Morgan fingerprint density at radius 2 is 1.29 bits per heavy atom. The second-order valence-electron chi connectivity index (χ2n) is 8.78. The first-order valence-electron chi connectivity index (χ1n) is 10.3. The molecular weight excluding hydrogens is 252 g/mol. The molecule has 21 heavy (non-hydrogen) atoms. The lowest BCUT2D eigenvalue weighted by Crippen LogP contribution is -2.22. The van der Waals surface area contributed by atoms with Gasteiger partial charge < -0.3 is 0 Å². The molecule has 0 bridgehead atoms. The van der Waals surface area contributed by atoms with Gasteiger partial charge in [-0.2, -0.15) is 0 Å². The Morgan fingerprint density at radius 1 is 0.714 bits per heavy atom. The molecule has 0 aromatic carbocycles. The maximum Gasteiger partial charge on any atom is -0.0386 e. The van der Waals surface area contributed by atoms with Crippen LogP contribution in [0.5, 0.6) is 0 Å². The van der Waals surface area contributed by atoms with Crippen LogP contribution >= 0.6 is 0 Å². The molecule has 0 radical (unpaired) electrons. The van der Waals surface area contributed by atoms with Gasteiger partial charge in [0.1, 0.15) is 0 Å². The molecule has 2 unspecified atom stereocenters. The Balaban J connectivity index is 1.37. The van der Waals surface area contributed by atoms with E-state index in [1.54, 1.807) is 51.4 Å². The van der Waals surface area contributed by atoms with E-state index in [-0.39, 0.29) is 0 Å². The third-order valence-corrected chi connectivity index (χ3v) is 7.49. The minimum atomic E-state index is 1.00. The van der Waals surface area contributed by atoms with Crippen molar-refractivity contribution in [2.75, 3.05) is 0 Å². The van der Waals surface area contributed by atoms with Crippen molar-refractivity contribution in [1.82, 2.24) is 0 Å². The Hall–Kier alpha value is 0. The molecule has 0 saturated heterocycles. The minimum absolute atomic E-state index is 1.00. The SMILES string of the molecule is CCC(CCC(C)C1CCC(C2CC2)CC1)C1CCCC1. The summed E-state index contributed by atoms with van der Waals surface area (Å²) >= 11 is 0. The van der Waals surface area contributed by atoms with Crippen molar-refractivity contribution >= 4 is 0 Å². The van der Waals surface area contributed by atoms with E-state index < -0.39 is 0 Å². The molecule has 0 nitrogen and oxygen atoms in total. The van der Waals surface area contributed by atoms with E-state index in [2.05, 4.69) is 13.8 Å². The monoisotopic (exact) mass is 290 g/mol. The van der Waals surface area contributed by atoms with E-state index in [9.17, 15) is 0 Å². The molecule has 0 heterocycles. The quantitative estimate of drug-likeness (QED) is 0.481. The average molecular weight is 291 g/mol. The van der Waals surface area contributed by atoms with Gasteiger partial charge in [-0.1, -0.05) is 52.4 Å². The summed E-state index contributed by atoms with van der Waals surface area (Å²) in [4.78, 5) is 0. The molecule has 3 rings (SSSR count). The van der Waals surface area contributed by atoms with E-state index >= 15 is 0 Å². The van der Waals surface area contributed by atoms with Crippen LogP contribution < -0.4 is 0 Å². The van der Waals surface area contributed by atoms with E-state index in [1.165, 1.54) is 32.1 Å². The van der Waals surface area contributed by atoms with Crippen LogP contribution in [0.4, 0.5) is 0 Å². The fourth-order valence-electron chi connectivity index (χ4n) is 5.67. The van der Waals surface area contributed by atoms with Crippen LogP contribution in [0.3, 0.4) is 0 Å². The van der Waals surface area contributed by atoms with Crippen LogP contribution in [-0.4, -0.2) is 0 Å². The zero-order valence-electron chi connectivity index (χ0n) is 14.7. The lowest BCUT2D eigenvalue weighted by Gasteiger charge is -2.33. The molecule has 0 N–H and O–H groups in total. The standard InChI is InChI=1S/C21H38/c1-3-17(19-6-4-5-7-19)9-8-16(2)18-10-12-20(13-11-18)21-14-15-21/h16-21H,3-15H2,1-2H3. The highest BCUT2D eigenvalue weighted by Crippen LogP contribution is 2.47. The molecule has 3 fully saturated rings. The van der Waals surface area contributed by atoms with Crippen LogP contribution in [0.1, 0.15) is 97.3 Å². The summed E-state index contributed by atoms with van der Waals surface area (Å²) in [7, 11) is 0. The summed E-state index contributed by atoms with van der Waals surface area (Å²) in [6.07, 6.45) is 20.0. The van der Waals surface area contributed by atoms with Gasteiger partial charge in [0.25, 0.3) is 0 Å². The van der Waals surface area contributed by atoms with Gasteiger partial charge in [0.15, 0.2) is 0 Å². The lowest BCUT2D eigenvalue weighted by atomic mass is 9.72. The van der Waals surface area contributed by atoms with Gasteiger partial charge in [0.05, 0.1) is 0 Å². The van der Waals surface area contributed by atoms with Crippen LogP contribution in [0.25, 0.3) is 0 Å². The van der Waals surface area contributed by atoms with Gasteiger partial charge in [-0.25, -0.2) is 0 Å². The molecule has 0 aromatic rings. The largest absolute Gasteiger partial charge is 0.0651 e. The molecule has 3 aliphatic carbocycles. The third-order valence-electron chi connectivity index (χ3n) is 7.49. The number of rotatable bonds is 7. The summed E-state index contributed by atoms with van der Waals surface area (Å²) in [5.74, 6) is 6.51. The molecule has 0 aromatic heterocycles. The molecule has 0 aliphatic heterocycles. The Bertz CT molecular complexity index is 289. The van der Waals surface area contributed by atoms with E-state index in [0.29, 0.717) is 0 Å². The van der Waals surface area contributed by atoms with Crippen molar-refractivity contribution in [3.05, 3.63) is 0 Å². The topological polar surface area (TPSA) is 0 Å². The van der Waals surface area contributed by atoms with Crippen LogP contribution in [0.2, 0.25) is 0 Å². The molecule has 3 aliphatic rings. The van der Waals surface area contributed by atoms with E-state index in [1.807, 2.05) is 0 Å². The maximum absolute atomic E-state index is 2.57. The minimum Gasteiger partial charge on any atom is -0.0651 e. The Morgan fingerprint density at radius 3 is 1.81 bits per heavy atom. The first kappa shape index (κ1) is 15.9. The predicted octanol–water partition coefficient (Wildman–Crippen LogP) is 6.84. The predicted molar refractivity (Wildman–Crippen MR) is 92.3 cm³/mol. The van der Waals surface area contributed by atoms with Gasteiger partial charge in [0.2, 0.25) is 0 Å². The summed E-state index contributed by atoms with van der Waals surface area (Å²) in [5, 5.41) is 0. The van der Waals surface area contributed by atoms with Gasteiger partial charge in [-0.15, -0.1) is 0 Å². The third kappa shape index (κ3) is 4.26. The van der Waals surface area contributed by atoms with Crippen molar-refractivity contribution in [3.63, 3.8) is 0 Å². The average Bonchev–Trinajstić information content (AvgIpc) is 3.24. The van der Waals surface area contributed by atoms with Gasteiger partial charge in [0, 0.05) is 0 Å². The molecule has 2 atom stereocenters. The second kappa shape index (κ2) is 7.51. The zero-order chi connectivity index (χ0) is 14.7. The maximum atomic E-state index is 2.57. The number of hydrogen-bond acceptors (Lipinski definition) is 0. The van der Waals surface area contributed by atoms with Crippen molar-refractivity contribution in [1.29, 1.82) is 0 Å². The van der Waals surface area contributed by atoms with Crippen LogP contribution in [0, 0.1) is 35.5 Å². The summed E-state index contributed by atoms with van der Waals surface area (Å²) in [5.41, 5.74) is 0. The summed E-state index contributed by atoms with van der Waals surface area (Å²) in [6, 6.07) is 0. The highest BCUT2D eigenvalue weighted by atomic mass is 14.4. The highest BCUT2D eigenvalue weighted by Gasteiger charge is 2.35. The van der Waals surface area contributed by atoms with Gasteiger partial charge in [-0.3, -0.25) is 0 Å². The summed E-state index contributed by atoms with van der Waals surface area (Å²) in [6.45, 7) is 5.01. The Labute approximate surface area is 133 Å². The van der Waals surface area contributed by atoms with Crippen molar-refractivity contribution in [2.24, 2.45) is 35.5 Å². The van der Waals surface area contributed by atoms with E-state index in [0.717, 1.165) is 35.5 Å². The van der Waals surface area contributed by atoms with Crippen molar-refractivity contribution < 1.29 is 0 Å². The molecule has 3 saturated carbocycles. The first-order valence-corrected chi connectivity index (χ1v) is 10.3. The van der Waals surface area contributed by atoms with Crippen molar-refractivity contribution in [2.45, 2.75) is 97.3 Å². The molecular formula is C21H38. The van der Waals surface area contributed by atoms with E-state index in [4.69, 9.17) is 0 Å². The van der Waals surface area contributed by atoms with Gasteiger partial charge in [-0.05, 0) is 80.5 Å². The molecule has 122 valence electrons. The second-order valence-corrected chi connectivity index (χ2v) is 8.78. The lowest BCUT2D eigenvalue weighted by molar-refractivity contribution is 0.179. The van der Waals surface area contributed by atoms with Gasteiger partial charge >= 0.3 is 0 Å². The molecule has 0 spiro atoms. The fraction of sp³-hybridized carbons (Fsp3) is 1.00. The Kier molecular flexibility index (Phi) is 5.68.